The third kappa shape index (κ3) is 5.37. The van der Waals surface area contributed by atoms with Crippen molar-refractivity contribution >= 4 is 6.03 Å². The van der Waals surface area contributed by atoms with Crippen LogP contribution >= 0.6 is 0 Å². The van der Waals surface area contributed by atoms with Crippen LogP contribution in [0.4, 0.5) is 4.79 Å². The first-order valence-corrected chi connectivity index (χ1v) is 6.33. The lowest BCUT2D eigenvalue weighted by molar-refractivity contribution is -0.0290. The summed E-state index contributed by atoms with van der Waals surface area (Å²) in [4.78, 5) is 13.6. The first-order chi connectivity index (χ1) is 7.91. The first-order valence-electron chi connectivity index (χ1n) is 6.33. The molecule has 100 valence electrons. The average molecular weight is 243 g/mol. The number of amides is 2. The highest BCUT2D eigenvalue weighted by Crippen LogP contribution is 2.30. The highest BCUT2D eigenvalue weighted by Gasteiger charge is 2.34. The number of aliphatic hydroxyl groups is 1. The van der Waals surface area contributed by atoms with E-state index in [1.165, 1.54) is 0 Å². The Balaban J connectivity index is 2.11. The summed E-state index contributed by atoms with van der Waals surface area (Å²) in [5.74, 6) is 0. The van der Waals surface area contributed by atoms with Gasteiger partial charge in [-0.25, -0.2) is 4.79 Å². The minimum absolute atomic E-state index is 0.147. The van der Waals surface area contributed by atoms with E-state index in [4.69, 9.17) is 0 Å². The van der Waals surface area contributed by atoms with Gasteiger partial charge in [0.25, 0.3) is 0 Å². The first kappa shape index (κ1) is 14.3. The van der Waals surface area contributed by atoms with E-state index in [2.05, 4.69) is 15.5 Å². The predicted octanol–water partition coefficient (Wildman–Crippen LogP) is 0.541. The number of hydrogen-bond donors (Lipinski definition) is 3. The van der Waals surface area contributed by atoms with Gasteiger partial charge in [0.15, 0.2) is 0 Å². The quantitative estimate of drug-likeness (QED) is 0.638. The fourth-order valence-corrected chi connectivity index (χ4v) is 1.81. The van der Waals surface area contributed by atoms with Crippen LogP contribution < -0.4 is 10.6 Å². The Kier molecular flexibility index (Phi) is 5.21. The second-order valence-corrected chi connectivity index (χ2v) is 5.40. The van der Waals surface area contributed by atoms with Gasteiger partial charge in [-0.2, -0.15) is 0 Å². The van der Waals surface area contributed by atoms with Gasteiger partial charge in [-0.05, 0) is 53.2 Å². The predicted molar refractivity (Wildman–Crippen MR) is 68.0 cm³/mol. The summed E-state index contributed by atoms with van der Waals surface area (Å²) in [7, 11) is 4.03. The fourth-order valence-electron chi connectivity index (χ4n) is 1.81. The summed E-state index contributed by atoms with van der Waals surface area (Å²) in [5.41, 5.74) is -0.649. The Labute approximate surface area is 104 Å². The monoisotopic (exact) mass is 243 g/mol. The van der Waals surface area contributed by atoms with Gasteiger partial charge in [-0.1, -0.05) is 0 Å². The van der Waals surface area contributed by atoms with Gasteiger partial charge in [0.05, 0.1) is 5.60 Å². The topological polar surface area (TPSA) is 64.6 Å². The smallest absolute Gasteiger partial charge is 0.315 e. The molecule has 1 aliphatic rings. The maximum absolute atomic E-state index is 11.5. The van der Waals surface area contributed by atoms with E-state index in [-0.39, 0.29) is 12.1 Å². The number of nitrogens with one attached hydrogen (secondary N) is 2. The van der Waals surface area contributed by atoms with Gasteiger partial charge in [-0.3, -0.25) is 0 Å². The van der Waals surface area contributed by atoms with Crippen molar-refractivity contribution in [3.05, 3.63) is 0 Å². The summed E-state index contributed by atoms with van der Waals surface area (Å²) in [6.45, 7) is 3.30. The van der Waals surface area contributed by atoms with Gasteiger partial charge in [-0.15, -0.1) is 0 Å². The lowest BCUT2D eigenvalue weighted by Gasteiger charge is -2.36. The molecule has 3 N–H and O–H groups in total. The molecule has 1 aliphatic carbocycles. The number of rotatable bonds is 6. The molecule has 1 saturated carbocycles. The summed E-state index contributed by atoms with van der Waals surface area (Å²) < 4.78 is 0. The van der Waals surface area contributed by atoms with Crippen molar-refractivity contribution in [1.82, 2.24) is 15.5 Å². The standard InChI is InChI=1S/C12H25N3O2/c1-10(5-8-15(2)3)14-11(16)13-9-12(17)6-4-7-12/h10,17H,4-9H2,1-3H3,(H2,13,14,16). The Morgan fingerprint density at radius 1 is 1.47 bits per heavy atom. The van der Waals surface area contributed by atoms with Gasteiger partial charge in [0.1, 0.15) is 0 Å². The third-order valence-corrected chi connectivity index (χ3v) is 3.25. The van der Waals surface area contributed by atoms with Crippen LogP contribution in [0.3, 0.4) is 0 Å². The van der Waals surface area contributed by atoms with Crippen LogP contribution in [0.1, 0.15) is 32.6 Å². The van der Waals surface area contributed by atoms with Crippen LogP contribution in [-0.2, 0) is 0 Å². The van der Waals surface area contributed by atoms with Crippen molar-refractivity contribution in [2.45, 2.75) is 44.2 Å². The Bertz CT molecular complexity index is 252. The molecule has 0 saturated heterocycles. The molecule has 0 aliphatic heterocycles. The lowest BCUT2D eigenvalue weighted by atomic mass is 9.80. The number of nitrogens with zero attached hydrogens (tertiary/aromatic N) is 1. The molecule has 17 heavy (non-hydrogen) atoms. The van der Waals surface area contributed by atoms with E-state index in [1.54, 1.807) is 0 Å². The molecule has 5 heteroatoms. The minimum Gasteiger partial charge on any atom is -0.388 e. The molecule has 5 nitrogen and oxygen atoms in total. The molecule has 0 spiro atoms. The van der Waals surface area contributed by atoms with Crippen LogP contribution in [-0.4, -0.2) is 54.9 Å². The van der Waals surface area contributed by atoms with E-state index in [0.717, 1.165) is 32.2 Å². The lowest BCUT2D eigenvalue weighted by Crippen LogP contribution is -2.51. The molecule has 1 rings (SSSR count). The summed E-state index contributed by atoms with van der Waals surface area (Å²) in [6, 6.07) is -0.0370. The van der Waals surface area contributed by atoms with Gasteiger partial charge in [0.2, 0.25) is 0 Å². The van der Waals surface area contributed by atoms with Gasteiger partial charge < -0.3 is 20.6 Å². The van der Waals surface area contributed by atoms with Gasteiger partial charge in [0, 0.05) is 12.6 Å². The maximum Gasteiger partial charge on any atom is 0.315 e. The summed E-state index contributed by atoms with van der Waals surface area (Å²) in [5, 5.41) is 15.4. The van der Waals surface area contributed by atoms with Crippen molar-refractivity contribution in [3.8, 4) is 0 Å². The van der Waals surface area contributed by atoms with Crippen LogP contribution in [0.2, 0.25) is 0 Å². The van der Waals surface area contributed by atoms with E-state index >= 15 is 0 Å². The third-order valence-electron chi connectivity index (χ3n) is 3.25. The second kappa shape index (κ2) is 6.21. The molecular formula is C12H25N3O2. The van der Waals surface area contributed by atoms with Crippen molar-refractivity contribution in [3.63, 3.8) is 0 Å². The molecule has 0 aromatic heterocycles. The van der Waals surface area contributed by atoms with Crippen molar-refractivity contribution in [1.29, 1.82) is 0 Å². The molecule has 0 heterocycles. The van der Waals surface area contributed by atoms with E-state index < -0.39 is 5.60 Å². The molecule has 0 aromatic rings. The number of urea groups is 1. The largest absolute Gasteiger partial charge is 0.388 e. The molecule has 0 radical (unpaired) electrons. The molecule has 0 aromatic carbocycles. The Morgan fingerprint density at radius 2 is 2.12 bits per heavy atom. The maximum atomic E-state index is 11.5. The molecule has 1 atom stereocenters. The van der Waals surface area contributed by atoms with Crippen LogP contribution in [0.15, 0.2) is 0 Å². The minimum atomic E-state index is -0.649. The molecule has 0 bridgehead atoms. The number of carbonyl (C=O) groups is 1. The molecule has 1 fully saturated rings. The van der Waals surface area contributed by atoms with Crippen LogP contribution in [0.5, 0.6) is 0 Å². The SMILES string of the molecule is CC(CCN(C)C)NC(=O)NCC1(O)CCC1. The van der Waals surface area contributed by atoms with E-state index in [9.17, 15) is 9.90 Å². The normalized spacial score (nSPS) is 19.6. The second-order valence-electron chi connectivity index (χ2n) is 5.40. The zero-order chi connectivity index (χ0) is 12.9. The van der Waals surface area contributed by atoms with Gasteiger partial charge >= 0.3 is 6.03 Å². The van der Waals surface area contributed by atoms with Crippen LogP contribution in [0, 0.1) is 0 Å². The van der Waals surface area contributed by atoms with Crippen molar-refractivity contribution in [2.24, 2.45) is 0 Å². The molecule has 1 unspecified atom stereocenters. The van der Waals surface area contributed by atoms with Crippen LogP contribution in [0.25, 0.3) is 0 Å². The zero-order valence-corrected chi connectivity index (χ0v) is 11.1. The van der Waals surface area contributed by atoms with Crippen molar-refractivity contribution < 1.29 is 9.90 Å². The average Bonchev–Trinajstić information content (AvgIpc) is 2.21. The highest BCUT2D eigenvalue weighted by atomic mass is 16.3. The molecule has 2 amide bonds. The highest BCUT2D eigenvalue weighted by molar-refractivity contribution is 5.74. The van der Waals surface area contributed by atoms with E-state index in [1.807, 2.05) is 21.0 Å². The zero-order valence-electron chi connectivity index (χ0n) is 11.1. The number of hydrogen-bond acceptors (Lipinski definition) is 3. The fraction of sp³-hybridized carbons (Fsp3) is 0.917. The summed E-state index contributed by atoms with van der Waals surface area (Å²) in [6.07, 6.45) is 3.57. The van der Waals surface area contributed by atoms with E-state index in [0.29, 0.717) is 6.54 Å². The number of carbonyl (C=O) groups excluding carboxylic acids is 1. The molecular weight excluding hydrogens is 218 g/mol. The Morgan fingerprint density at radius 3 is 2.59 bits per heavy atom. The Hall–Kier alpha value is -0.810. The summed E-state index contributed by atoms with van der Waals surface area (Å²) >= 11 is 0. The van der Waals surface area contributed by atoms with Crippen molar-refractivity contribution in [2.75, 3.05) is 27.2 Å².